The summed E-state index contributed by atoms with van der Waals surface area (Å²) >= 11 is 0. The Morgan fingerprint density at radius 2 is 2.17 bits per heavy atom. The van der Waals surface area contributed by atoms with Crippen molar-refractivity contribution in [1.29, 1.82) is 0 Å². The summed E-state index contributed by atoms with van der Waals surface area (Å²) in [6.07, 6.45) is 6.31. The third-order valence-corrected chi connectivity index (χ3v) is 3.91. The van der Waals surface area contributed by atoms with Crippen LogP contribution in [0.5, 0.6) is 0 Å². The van der Waals surface area contributed by atoms with E-state index >= 15 is 0 Å². The molecule has 1 aliphatic heterocycles. The molecule has 1 N–H and O–H groups in total. The zero-order valence-corrected chi connectivity index (χ0v) is 11.0. The maximum Gasteiger partial charge on any atom is 0.0975 e. The molecule has 0 amide bonds. The van der Waals surface area contributed by atoms with Gasteiger partial charge in [-0.15, -0.1) is 0 Å². The highest BCUT2D eigenvalue weighted by atomic mass is 16.5. The molecule has 1 aliphatic rings. The van der Waals surface area contributed by atoms with Gasteiger partial charge in [0.05, 0.1) is 12.7 Å². The van der Waals surface area contributed by atoms with Gasteiger partial charge in [-0.3, -0.25) is 0 Å². The Balaban J connectivity index is 1.90. The van der Waals surface area contributed by atoms with Crippen LogP contribution >= 0.6 is 0 Å². The van der Waals surface area contributed by atoms with Crippen LogP contribution in [-0.2, 0) is 11.2 Å². The molecule has 2 heterocycles. The minimum Gasteiger partial charge on any atom is -0.372 e. The Morgan fingerprint density at radius 3 is 3.06 bits per heavy atom. The van der Waals surface area contributed by atoms with Crippen LogP contribution in [-0.4, -0.2) is 11.6 Å². The Labute approximate surface area is 108 Å². The van der Waals surface area contributed by atoms with Crippen molar-refractivity contribution in [1.82, 2.24) is 4.98 Å². The predicted molar refractivity (Wildman–Crippen MR) is 74.8 cm³/mol. The van der Waals surface area contributed by atoms with E-state index in [-0.39, 0.29) is 6.10 Å². The first kappa shape index (κ1) is 11.8. The van der Waals surface area contributed by atoms with Crippen LogP contribution in [0.3, 0.4) is 0 Å². The maximum atomic E-state index is 5.95. The largest absolute Gasteiger partial charge is 0.372 e. The molecule has 2 aromatic rings. The summed E-state index contributed by atoms with van der Waals surface area (Å²) in [5.41, 5.74) is 4.07. The van der Waals surface area contributed by atoms with Crippen molar-refractivity contribution in [2.45, 2.75) is 45.1 Å². The second kappa shape index (κ2) is 5.15. The van der Waals surface area contributed by atoms with Crippen molar-refractivity contribution in [2.24, 2.45) is 0 Å². The highest BCUT2D eigenvalue weighted by Gasteiger charge is 2.24. The zero-order chi connectivity index (χ0) is 12.4. The van der Waals surface area contributed by atoms with E-state index in [0.29, 0.717) is 0 Å². The molecule has 3 rings (SSSR count). The summed E-state index contributed by atoms with van der Waals surface area (Å²) in [5.74, 6) is 0. The third-order valence-electron chi connectivity index (χ3n) is 3.91. The van der Waals surface area contributed by atoms with Gasteiger partial charge in [0.1, 0.15) is 0 Å². The number of aromatic amines is 1. The van der Waals surface area contributed by atoms with Crippen LogP contribution in [0.1, 0.15) is 50.0 Å². The molecule has 0 bridgehead atoms. The quantitative estimate of drug-likeness (QED) is 0.793. The number of H-pyrrole nitrogens is 1. The highest BCUT2D eigenvalue weighted by Crippen LogP contribution is 2.35. The molecule has 18 heavy (non-hydrogen) atoms. The van der Waals surface area contributed by atoms with Gasteiger partial charge in [0.15, 0.2) is 0 Å². The lowest BCUT2D eigenvalue weighted by molar-refractivity contribution is 0.0327. The average molecular weight is 243 g/mol. The van der Waals surface area contributed by atoms with Gasteiger partial charge in [0, 0.05) is 16.6 Å². The summed E-state index contributed by atoms with van der Waals surface area (Å²) in [6, 6.07) is 8.60. The smallest absolute Gasteiger partial charge is 0.0975 e. The number of benzene rings is 1. The van der Waals surface area contributed by atoms with E-state index in [0.717, 1.165) is 19.4 Å². The maximum absolute atomic E-state index is 5.95. The van der Waals surface area contributed by atoms with Gasteiger partial charge in [0.25, 0.3) is 0 Å². The van der Waals surface area contributed by atoms with Crippen LogP contribution in [0, 0.1) is 0 Å². The van der Waals surface area contributed by atoms with Crippen molar-refractivity contribution < 1.29 is 4.74 Å². The second-order valence-corrected chi connectivity index (χ2v) is 5.17. The molecule has 2 heteroatoms. The lowest BCUT2D eigenvalue weighted by atomic mass is 9.99. The molecular formula is C16H21NO. The Hall–Kier alpha value is -1.28. The molecule has 1 unspecified atom stereocenters. The number of rotatable bonds is 4. The van der Waals surface area contributed by atoms with Crippen molar-refractivity contribution in [2.75, 3.05) is 6.61 Å². The predicted octanol–water partition coefficient (Wildman–Crippen LogP) is 4.36. The standard InChI is InChI=1S/C16H21NO/c1-2-3-4-9-15-16-13(10-11-18-15)12-7-5-6-8-14(12)17-16/h5-8,15,17H,2-4,9-11H2,1H3. The number of fused-ring (bicyclic) bond motifs is 3. The fraction of sp³-hybridized carbons (Fsp3) is 0.500. The lowest BCUT2D eigenvalue weighted by Crippen LogP contribution is -2.15. The molecule has 1 aromatic carbocycles. The molecule has 1 aromatic heterocycles. The summed E-state index contributed by atoms with van der Waals surface area (Å²) in [4.78, 5) is 3.57. The average Bonchev–Trinajstić information content (AvgIpc) is 2.79. The van der Waals surface area contributed by atoms with Crippen LogP contribution < -0.4 is 0 Å². The first-order chi connectivity index (χ1) is 8.90. The Kier molecular flexibility index (Phi) is 3.37. The first-order valence-electron chi connectivity index (χ1n) is 7.11. The molecule has 0 aliphatic carbocycles. The van der Waals surface area contributed by atoms with Crippen molar-refractivity contribution in [3.05, 3.63) is 35.5 Å². The summed E-state index contributed by atoms with van der Waals surface area (Å²) < 4.78 is 5.95. The van der Waals surface area contributed by atoms with Gasteiger partial charge in [0.2, 0.25) is 0 Å². The van der Waals surface area contributed by atoms with Crippen LogP contribution in [0.4, 0.5) is 0 Å². The van der Waals surface area contributed by atoms with Gasteiger partial charge < -0.3 is 9.72 Å². The molecular weight excluding hydrogens is 222 g/mol. The van der Waals surface area contributed by atoms with E-state index < -0.39 is 0 Å². The molecule has 0 radical (unpaired) electrons. The molecule has 2 nitrogen and oxygen atoms in total. The van der Waals surface area contributed by atoms with Crippen molar-refractivity contribution >= 4 is 10.9 Å². The minimum atomic E-state index is 0.285. The highest BCUT2D eigenvalue weighted by molar-refractivity contribution is 5.84. The van der Waals surface area contributed by atoms with Gasteiger partial charge in [-0.25, -0.2) is 0 Å². The monoisotopic (exact) mass is 243 g/mol. The van der Waals surface area contributed by atoms with E-state index in [2.05, 4.69) is 36.2 Å². The SMILES string of the molecule is CCCCCC1OCCc2c1[nH]c1ccccc21. The molecule has 0 saturated heterocycles. The van der Waals surface area contributed by atoms with Crippen molar-refractivity contribution in [3.63, 3.8) is 0 Å². The van der Waals surface area contributed by atoms with Crippen LogP contribution in [0.25, 0.3) is 10.9 Å². The van der Waals surface area contributed by atoms with Crippen molar-refractivity contribution in [3.8, 4) is 0 Å². The van der Waals surface area contributed by atoms with Crippen LogP contribution in [0.15, 0.2) is 24.3 Å². The van der Waals surface area contributed by atoms with E-state index in [1.54, 1.807) is 0 Å². The first-order valence-corrected chi connectivity index (χ1v) is 7.11. The van der Waals surface area contributed by atoms with Gasteiger partial charge >= 0.3 is 0 Å². The van der Waals surface area contributed by atoms with Gasteiger partial charge in [-0.2, -0.15) is 0 Å². The molecule has 0 fully saturated rings. The number of aromatic nitrogens is 1. The molecule has 1 atom stereocenters. The molecule has 96 valence electrons. The van der Waals surface area contributed by atoms with Crippen LogP contribution in [0.2, 0.25) is 0 Å². The van der Waals surface area contributed by atoms with E-state index in [4.69, 9.17) is 4.74 Å². The molecule has 0 saturated carbocycles. The lowest BCUT2D eigenvalue weighted by Gasteiger charge is -2.23. The Morgan fingerprint density at radius 1 is 1.28 bits per heavy atom. The number of hydrogen-bond donors (Lipinski definition) is 1. The fourth-order valence-corrected chi connectivity index (χ4v) is 2.96. The normalized spacial score (nSPS) is 19.1. The third kappa shape index (κ3) is 2.05. The van der Waals surface area contributed by atoms with Gasteiger partial charge in [-0.1, -0.05) is 44.4 Å². The number of ether oxygens (including phenoxy) is 1. The summed E-state index contributed by atoms with van der Waals surface area (Å²) in [7, 11) is 0. The number of hydrogen-bond acceptors (Lipinski definition) is 1. The van der Waals surface area contributed by atoms with E-state index in [1.807, 2.05) is 0 Å². The van der Waals surface area contributed by atoms with E-state index in [9.17, 15) is 0 Å². The number of nitrogens with one attached hydrogen (secondary N) is 1. The topological polar surface area (TPSA) is 25.0 Å². The zero-order valence-electron chi connectivity index (χ0n) is 11.0. The second-order valence-electron chi connectivity index (χ2n) is 5.17. The molecule has 0 spiro atoms. The van der Waals surface area contributed by atoms with Gasteiger partial charge in [-0.05, 0) is 24.5 Å². The summed E-state index contributed by atoms with van der Waals surface area (Å²) in [6.45, 7) is 3.11. The minimum absolute atomic E-state index is 0.285. The Bertz CT molecular complexity index is 529. The van der Waals surface area contributed by atoms with E-state index in [1.165, 1.54) is 41.4 Å². The fourth-order valence-electron chi connectivity index (χ4n) is 2.96. The number of para-hydroxylation sites is 1. The summed E-state index contributed by atoms with van der Waals surface area (Å²) in [5, 5.41) is 1.39. The number of unbranched alkanes of at least 4 members (excludes halogenated alkanes) is 2.